The highest BCUT2D eigenvalue weighted by Crippen LogP contribution is 2.45. The number of amides is 2. The van der Waals surface area contributed by atoms with Crippen LogP contribution in [0.5, 0.6) is 0 Å². The lowest BCUT2D eigenvalue weighted by atomic mass is 9.92. The van der Waals surface area contributed by atoms with Crippen LogP contribution < -0.4 is 5.32 Å². The maximum Gasteiger partial charge on any atom is 0.524 e. The summed E-state index contributed by atoms with van der Waals surface area (Å²) in [4.78, 5) is 38.5. The summed E-state index contributed by atoms with van der Waals surface area (Å²) in [6.07, 6.45) is -1.04. The number of hydrogen-bond acceptors (Lipinski definition) is 5. The third kappa shape index (κ3) is 7.08. The van der Waals surface area contributed by atoms with Gasteiger partial charge in [0.2, 0.25) is 11.8 Å². The van der Waals surface area contributed by atoms with Crippen LogP contribution in [0.3, 0.4) is 0 Å². The number of piperidine rings is 1. The second-order valence-corrected chi connectivity index (χ2v) is 8.87. The number of ether oxygens (including phenoxy) is 2. The van der Waals surface area contributed by atoms with Crippen LogP contribution in [0, 0.1) is 0 Å². The van der Waals surface area contributed by atoms with E-state index in [1.165, 1.54) is 24.2 Å². The van der Waals surface area contributed by atoms with Gasteiger partial charge in [-0.25, -0.2) is 0 Å². The molecule has 1 aliphatic carbocycles. The molecular formula is C24H26ClF3N2O5. The van der Waals surface area contributed by atoms with Gasteiger partial charge in [0.25, 0.3) is 0 Å². The number of nitrogens with zero attached hydrogens (tertiary/aromatic N) is 1. The van der Waals surface area contributed by atoms with Crippen LogP contribution in [0.15, 0.2) is 48.2 Å². The molecule has 1 N–H and O–H groups in total. The Balaban J connectivity index is 1.78. The normalized spacial score (nSPS) is 22.7. The minimum atomic E-state index is -5.02. The van der Waals surface area contributed by atoms with Crippen molar-refractivity contribution in [2.75, 3.05) is 13.7 Å². The van der Waals surface area contributed by atoms with Crippen LogP contribution in [-0.4, -0.2) is 53.8 Å². The number of benzene rings is 1. The first kappa shape index (κ1) is 26.7. The van der Waals surface area contributed by atoms with E-state index in [1.54, 1.807) is 30.3 Å². The highest BCUT2D eigenvalue weighted by Gasteiger charge is 2.47. The quantitative estimate of drug-likeness (QED) is 0.434. The predicted molar refractivity (Wildman–Crippen MR) is 122 cm³/mol. The number of esters is 1. The van der Waals surface area contributed by atoms with Gasteiger partial charge in [-0.2, -0.15) is 0 Å². The smallest absolute Gasteiger partial charge is 0.469 e. The van der Waals surface area contributed by atoms with Crippen LogP contribution in [-0.2, 0) is 23.9 Å². The van der Waals surface area contributed by atoms with E-state index in [-0.39, 0.29) is 30.0 Å². The van der Waals surface area contributed by atoms with Crippen molar-refractivity contribution in [2.24, 2.45) is 0 Å². The molecule has 3 rings (SSSR count). The van der Waals surface area contributed by atoms with Crippen molar-refractivity contribution in [3.63, 3.8) is 0 Å². The molecule has 2 atom stereocenters. The molecule has 1 fully saturated rings. The minimum Gasteiger partial charge on any atom is -0.469 e. The molecule has 2 amide bonds. The van der Waals surface area contributed by atoms with Gasteiger partial charge in [-0.15, -0.1) is 13.2 Å². The first-order valence-corrected chi connectivity index (χ1v) is 11.5. The number of likely N-dealkylation sites (tertiary alicyclic amines) is 1. The standard InChI is InChI=1S/C24H26ClF3N2O5/c1-34-21(32)13-12-20(31)30-14-6-5-9-19(30)22(33)29-17-10-11-18(16-7-3-2-4-8-16)23(25,15-17)35-24(26,27)28/h2-4,7-8,10-11,19H,5-6,9,12-15H2,1H3,(H,29,33). The monoisotopic (exact) mass is 514 g/mol. The molecule has 1 aliphatic heterocycles. The number of rotatable bonds is 7. The Hall–Kier alpha value is -2.85. The Morgan fingerprint density at radius 1 is 1.14 bits per heavy atom. The Labute approximate surface area is 205 Å². The molecule has 0 aromatic heterocycles. The summed E-state index contributed by atoms with van der Waals surface area (Å²) in [7, 11) is 1.22. The molecule has 1 saturated heterocycles. The van der Waals surface area contributed by atoms with Gasteiger partial charge in [0.15, 0.2) is 5.06 Å². The van der Waals surface area contributed by atoms with Crippen LogP contribution in [0.4, 0.5) is 13.2 Å². The molecule has 0 bridgehead atoms. The summed E-state index contributed by atoms with van der Waals surface area (Å²) in [6, 6.07) is 7.45. The molecule has 1 aromatic carbocycles. The zero-order valence-electron chi connectivity index (χ0n) is 19.1. The highest BCUT2D eigenvalue weighted by molar-refractivity contribution is 6.29. The van der Waals surface area contributed by atoms with Gasteiger partial charge < -0.3 is 15.0 Å². The fraction of sp³-hybridized carbons (Fsp3) is 0.458. The SMILES string of the molecule is COC(=O)CCC(=O)N1CCCCC1C(=O)NC1=CC=C(c2ccccc2)C(Cl)(OC(F)(F)F)C1. The maximum atomic E-state index is 13.2. The van der Waals surface area contributed by atoms with Gasteiger partial charge in [-0.3, -0.25) is 19.1 Å². The third-order valence-corrected chi connectivity index (χ3v) is 6.23. The van der Waals surface area contributed by atoms with Gasteiger partial charge in [0, 0.05) is 30.7 Å². The van der Waals surface area contributed by atoms with Crippen molar-refractivity contribution in [1.29, 1.82) is 0 Å². The number of allylic oxidation sites excluding steroid dienone is 2. The summed E-state index contributed by atoms with van der Waals surface area (Å²) < 4.78 is 48.6. The van der Waals surface area contributed by atoms with E-state index in [4.69, 9.17) is 11.6 Å². The average molecular weight is 515 g/mol. The van der Waals surface area contributed by atoms with Crippen LogP contribution in [0.25, 0.3) is 5.57 Å². The third-order valence-electron chi connectivity index (χ3n) is 5.81. The lowest BCUT2D eigenvalue weighted by Gasteiger charge is -2.37. The van der Waals surface area contributed by atoms with E-state index < -0.39 is 35.8 Å². The fourth-order valence-corrected chi connectivity index (χ4v) is 4.60. The number of carbonyl (C=O) groups is 3. The van der Waals surface area contributed by atoms with Gasteiger partial charge in [-0.1, -0.05) is 48.0 Å². The Morgan fingerprint density at radius 3 is 2.51 bits per heavy atom. The molecule has 0 radical (unpaired) electrons. The van der Waals surface area contributed by atoms with E-state index >= 15 is 0 Å². The number of alkyl halides is 4. The zero-order valence-corrected chi connectivity index (χ0v) is 19.8. The number of halogens is 4. The van der Waals surface area contributed by atoms with Crippen molar-refractivity contribution >= 4 is 35.0 Å². The average Bonchev–Trinajstić information content (AvgIpc) is 2.81. The lowest BCUT2D eigenvalue weighted by molar-refractivity contribution is -0.342. The Morgan fingerprint density at radius 2 is 1.86 bits per heavy atom. The molecule has 2 unspecified atom stereocenters. The summed E-state index contributed by atoms with van der Waals surface area (Å²) in [6.45, 7) is 0.339. The van der Waals surface area contributed by atoms with E-state index in [0.29, 0.717) is 31.4 Å². The largest absolute Gasteiger partial charge is 0.524 e. The molecule has 35 heavy (non-hydrogen) atoms. The Kier molecular flexibility index (Phi) is 8.60. The number of methoxy groups -OCH3 is 1. The van der Waals surface area contributed by atoms with Crippen molar-refractivity contribution in [3.8, 4) is 0 Å². The molecule has 1 heterocycles. The molecule has 7 nitrogen and oxygen atoms in total. The van der Waals surface area contributed by atoms with Gasteiger partial charge in [0.05, 0.1) is 13.5 Å². The molecule has 0 saturated carbocycles. The van der Waals surface area contributed by atoms with E-state index in [9.17, 15) is 27.6 Å². The van der Waals surface area contributed by atoms with Gasteiger partial charge in [-0.05, 0) is 30.9 Å². The van der Waals surface area contributed by atoms with Gasteiger partial charge in [0.1, 0.15) is 6.04 Å². The zero-order chi connectivity index (χ0) is 25.6. The number of hydrogen-bond donors (Lipinski definition) is 1. The van der Waals surface area contributed by atoms with E-state index in [2.05, 4.69) is 14.8 Å². The fourth-order valence-electron chi connectivity index (χ4n) is 4.20. The predicted octanol–water partition coefficient (Wildman–Crippen LogP) is 4.28. The lowest BCUT2D eigenvalue weighted by Crippen LogP contribution is -2.52. The van der Waals surface area contributed by atoms with Crippen molar-refractivity contribution in [2.45, 2.75) is 56.0 Å². The minimum absolute atomic E-state index is 0.104. The Bertz CT molecular complexity index is 1010. The second kappa shape index (κ2) is 11.3. The van der Waals surface area contributed by atoms with Gasteiger partial charge >= 0.3 is 12.3 Å². The first-order valence-electron chi connectivity index (χ1n) is 11.1. The van der Waals surface area contributed by atoms with Crippen molar-refractivity contribution in [3.05, 3.63) is 53.7 Å². The van der Waals surface area contributed by atoms with Crippen LogP contribution in [0.1, 0.15) is 44.1 Å². The highest BCUT2D eigenvalue weighted by atomic mass is 35.5. The molecule has 2 aliphatic rings. The summed E-state index contributed by atoms with van der Waals surface area (Å²) in [5.41, 5.74) is 0.678. The second-order valence-electron chi connectivity index (χ2n) is 8.26. The molecule has 11 heteroatoms. The molecule has 1 aromatic rings. The summed E-state index contributed by atoms with van der Waals surface area (Å²) in [5, 5.41) is 0.331. The summed E-state index contributed by atoms with van der Waals surface area (Å²) >= 11 is 6.38. The first-order chi connectivity index (χ1) is 16.5. The van der Waals surface area contributed by atoms with E-state index in [1.807, 2.05) is 0 Å². The number of nitrogens with one attached hydrogen (secondary N) is 1. The topological polar surface area (TPSA) is 84.9 Å². The maximum absolute atomic E-state index is 13.2. The van der Waals surface area contributed by atoms with Crippen LogP contribution in [0.2, 0.25) is 0 Å². The van der Waals surface area contributed by atoms with Crippen molar-refractivity contribution < 1.29 is 37.0 Å². The number of carbonyl (C=O) groups excluding carboxylic acids is 3. The molecular weight excluding hydrogens is 489 g/mol. The molecule has 190 valence electrons. The molecule has 0 spiro atoms. The van der Waals surface area contributed by atoms with Crippen molar-refractivity contribution in [1.82, 2.24) is 10.2 Å². The van der Waals surface area contributed by atoms with E-state index in [0.717, 1.165) is 0 Å². The van der Waals surface area contributed by atoms with Crippen LogP contribution >= 0.6 is 11.6 Å². The summed E-state index contributed by atoms with van der Waals surface area (Å²) in [5.74, 6) is -1.44.